The van der Waals surface area contributed by atoms with E-state index in [-0.39, 0.29) is 0 Å². The van der Waals surface area contributed by atoms with Crippen LogP contribution in [0.15, 0.2) is 50.5 Å². The van der Waals surface area contributed by atoms with Gasteiger partial charge in [0.15, 0.2) is 0 Å². The molecule has 70 valence electrons. The SMILES string of the molecule is C=CCB(C=C)N(CC=C)CC=C. The molecule has 0 aliphatic rings. The Labute approximate surface area is 82.2 Å². The first-order valence-electron chi connectivity index (χ1n) is 4.49. The quantitative estimate of drug-likeness (QED) is 0.404. The molecule has 0 radical (unpaired) electrons. The van der Waals surface area contributed by atoms with Gasteiger partial charge in [-0.25, -0.2) is 0 Å². The summed E-state index contributed by atoms with van der Waals surface area (Å²) in [6, 6.07) is 0. The summed E-state index contributed by atoms with van der Waals surface area (Å²) in [5.74, 6) is 1.94. The molecule has 0 saturated heterocycles. The van der Waals surface area contributed by atoms with Crippen molar-refractivity contribution in [3.8, 4) is 0 Å². The molecular weight excluding hydrogens is 157 g/mol. The molecule has 2 heteroatoms. The molecule has 0 aliphatic carbocycles. The first-order chi connectivity index (χ1) is 6.29. The van der Waals surface area contributed by atoms with Crippen molar-refractivity contribution in [1.82, 2.24) is 4.81 Å². The lowest BCUT2D eigenvalue weighted by molar-refractivity contribution is 0.535. The van der Waals surface area contributed by atoms with Gasteiger partial charge in [0.05, 0.1) is 0 Å². The van der Waals surface area contributed by atoms with Crippen molar-refractivity contribution in [3.05, 3.63) is 50.5 Å². The lowest BCUT2D eigenvalue weighted by Gasteiger charge is -2.23. The average molecular weight is 175 g/mol. The lowest BCUT2D eigenvalue weighted by atomic mass is 9.57. The van der Waals surface area contributed by atoms with E-state index in [2.05, 4.69) is 31.1 Å². The number of nitrogens with zero attached hydrogens (tertiary/aromatic N) is 1. The Morgan fingerprint density at radius 2 is 1.46 bits per heavy atom. The van der Waals surface area contributed by atoms with Gasteiger partial charge < -0.3 is 4.81 Å². The fourth-order valence-electron chi connectivity index (χ4n) is 1.24. The van der Waals surface area contributed by atoms with E-state index in [9.17, 15) is 0 Å². The first-order valence-corrected chi connectivity index (χ1v) is 4.49. The van der Waals surface area contributed by atoms with Gasteiger partial charge in [-0.15, -0.1) is 32.3 Å². The van der Waals surface area contributed by atoms with Crippen LogP contribution in [-0.4, -0.2) is 24.7 Å². The van der Waals surface area contributed by atoms with E-state index in [1.165, 1.54) is 0 Å². The second-order valence-corrected chi connectivity index (χ2v) is 2.86. The molecule has 0 aromatic carbocycles. The Morgan fingerprint density at radius 3 is 1.77 bits per heavy atom. The van der Waals surface area contributed by atoms with E-state index in [0.717, 1.165) is 19.4 Å². The van der Waals surface area contributed by atoms with Crippen LogP contribution in [0.4, 0.5) is 0 Å². The molecule has 0 aromatic heterocycles. The molecular formula is C11H18BN. The predicted octanol–water partition coefficient (Wildman–Crippen LogP) is 2.56. The molecule has 0 rings (SSSR count). The van der Waals surface area contributed by atoms with Crippen molar-refractivity contribution in [2.24, 2.45) is 0 Å². The molecule has 0 saturated carbocycles. The third-order valence-electron chi connectivity index (χ3n) is 1.88. The molecule has 0 spiro atoms. The van der Waals surface area contributed by atoms with Crippen LogP contribution < -0.4 is 0 Å². The summed E-state index contributed by atoms with van der Waals surface area (Å²) < 4.78 is 0. The van der Waals surface area contributed by atoms with Crippen molar-refractivity contribution in [2.45, 2.75) is 6.32 Å². The van der Waals surface area contributed by atoms with Crippen molar-refractivity contribution in [2.75, 3.05) is 13.1 Å². The second kappa shape index (κ2) is 7.62. The number of hydrogen-bond donors (Lipinski definition) is 0. The van der Waals surface area contributed by atoms with Crippen LogP contribution in [0.5, 0.6) is 0 Å². The first kappa shape index (κ1) is 12.0. The summed E-state index contributed by atoms with van der Waals surface area (Å²) in [4.78, 5) is 2.24. The van der Waals surface area contributed by atoms with Crippen LogP contribution >= 0.6 is 0 Å². The van der Waals surface area contributed by atoms with Gasteiger partial charge >= 0.3 is 0 Å². The van der Waals surface area contributed by atoms with Gasteiger partial charge in [-0.2, -0.15) is 0 Å². The minimum Gasteiger partial charge on any atom is -0.331 e. The molecule has 0 aliphatic heterocycles. The fraction of sp³-hybridized carbons (Fsp3) is 0.273. The van der Waals surface area contributed by atoms with E-state index in [1.54, 1.807) is 0 Å². The maximum Gasteiger partial charge on any atom is 0.253 e. The van der Waals surface area contributed by atoms with Crippen molar-refractivity contribution in [1.29, 1.82) is 0 Å². The molecule has 13 heavy (non-hydrogen) atoms. The van der Waals surface area contributed by atoms with Gasteiger partial charge in [0.25, 0.3) is 6.85 Å². The van der Waals surface area contributed by atoms with Gasteiger partial charge in [0.1, 0.15) is 0 Å². The molecule has 0 amide bonds. The van der Waals surface area contributed by atoms with Gasteiger partial charge in [0, 0.05) is 13.1 Å². The largest absolute Gasteiger partial charge is 0.331 e. The van der Waals surface area contributed by atoms with Gasteiger partial charge in [0.2, 0.25) is 0 Å². The zero-order valence-corrected chi connectivity index (χ0v) is 8.28. The van der Waals surface area contributed by atoms with E-state index in [1.807, 2.05) is 24.2 Å². The van der Waals surface area contributed by atoms with Crippen molar-refractivity contribution >= 4 is 6.85 Å². The molecule has 0 unspecified atom stereocenters. The zero-order valence-electron chi connectivity index (χ0n) is 8.28. The Morgan fingerprint density at radius 1 is 0.923 bits per heavy atom. The number of hydrogen-bond acceptors (Lipinski definition) is 1. The molecule has 0 heterocycles. The number of allylic oxidation sites excluding steroid dienone is 1. The Bertz CT molecular complexity index is 177. The summed E-state index contributed by atoms with van der Waals surface area (Å²) in [6.45, 7) is 17.0. The predicted molar refractivity (Wildman–Crippen MR) is 62.9 cm³/mol. The molecule has 0 bridgehead atoms. The minimum absolute atomic E-state index is 0.341. The van der Waals surface area contributed by atoms with Gasteiger partial charge in [-0.3, -0.25) is 0 Å². The Balaban J connectivity index is 4.25. The highest BCUT2D eigenvalue weighted by Crippen LogP contribution is 2.03. The zero-order chi connectivity index (χ0) is 10.1. The molecule has 0 aromatic rings. The summed E-state index contributed by atoms with van der Waals surface area (Å²) in [6.07, 6.45) is 6.61. The van der Waals surface area contributed by atoms with Crippen LogP contribution in [0.1, 0.15) is 0 Å². The van der Waals surface area contributed by atoms with E-state index in [4.69, 9.17) is 0 Å². The van der Waals surface area contributed by atoms with Gasteiger partial charge in [-0.1, -0.05) is 18.2 Å². The van der Waals surface area contributed by atoms with Crippen LogP contribution in [-0.2, 0) is 0 Å². The highest BCUT2D eigenvalue weighted by molar-refractivity contribution is 6.61. The second-order valence-electron chi connectivity index (χ2n) is 2.86. The molecule has 0 atom stereocenters. The maximum absolute atomic E-state index is 3.81. The minimum atomic E-state index is 0.341. The summed E-state index contributed by atoms with van der Waals surface area (Å²) in [7, 11) is 0. The fourth-order valence-corrected chi connectivity index (χ4v) is 1.24. The third-order valence-corrected chi connectivity index (χ3v) is 1.88. The molecule has 0 fully saturated rings. The van der Waals surface area contributed by atoms with E-state index in [0.29, 0.717) is 6.85 Å². The standard InChI is InChI=1S/C11H18BN/c1-5-9-12(8-4)13(10-6-2)11-7-3/h5-8H,1-4,9-11H2. The highest BCUT2D eigenvalue weighted by atomic mass is 15.0. The average Bonchev–Trinajstić information content (AvgIpc) is 2.14. The monoisotopic (exact) mass is 175 g/mol. The van der Waals surface area contributed by atoms with Crippen LogP contribution in [0, 0.1) is 0 Å². The molecule has 0 N–H and O–H groups in total. The summed E-state index contributed by atoms with van der Waals surface area (Å²) in [5, 5.41) is 0. The Kier molecular flexibility index (Phi) is 7.03. The van der Waals surface area contributed by atoms with E-state index >= 15 is 0 Å². The Hall–Kier alpha value is -1.02. The summed E-state index contributed by atoms with van der Waals surface area (Å²) >= 11 is 0. The van der Waals surface area contributed by atoms with Crippen LogP contribution in [0.3, 0.4) is 0 Å². The lowest BCUT2D eigenvalue weighted by Crippen LogP contribution is -2.37. The topological polar surface area (TPSA) is 3.24 Å². The molecule has 1 nitrogen and oxygen atoms in total. The normalized spacial score (nSPS) is 9.31. The van der Waals surface area contributed by atoms with Gasteiger partial charge in [-0.05, 0) is 6.32 Å². The van der Waals surface area contributed by atoms with Crippen LogP contribution in [0.2, 0.25) is 6.32 Å². The van der Waals surface area contributed by atoms with Crippen molar-refractivity contribution < 1.29 is 0 Å². The van der Waals surface area contributed by atoms with Crippen molar-refractivity contribution in [3.63, 3.8) is 0 Å². The maximum atomic E-state index is 3.81. The summed E-state index contributed by atoms with van der Waals surface area (Å²) in [5.41, 5.74) is 0. The smallest absolute Gasteiger partial charge is 0.253 e. The van der Waals surface area contributed by atoms with Crippen LogP contribution in [0.25, 0.3) is 0 Å². The number of rotatable bonds is 8. The third kappa shape index (κ3) is 4.53. The highest BCUT2D eigenvalue weighted by Gasteiger charge is 2.15. The van der Waals surface area contributed by atoms with E-state index < -0.39 is 0 Å².